The highest BCUT2D eigenvalue weighted by Crippen LogP contribution is 2.18. The summed E-state index contributed by atoms with van der Waals surface area (Å²) in [6.07, 6.45) is 0. The summed E-state index contributed by atoms with van der Waals surface area (Å²) in [4.78, 5) is 10.9. The maximum atomic E-state index is 10.9. The van der Waals surface area contributed by atoms with Crippen LogP contribution in [0.4, 0.5) is 0 Å². The van der Waals surface area contributed by atoms with Gasteiger partial charge in [0.05, 0.1) is 12.2 Å². The number of aromatic carboxylic acids is 1. The van der Waals surface area contributed by atoms with Gasteiger partial charge in [0.1, 0.15) is 12.4 Å². The molecule has 0 aliphatic heterocycles. The van der Waals surface area contributed by atoms with Crippen LogP contribution < -0.4 is 0 Å². The summed E-state index contributed by atoms with van der Waals surface area (Å²) < 4.78 is 5.06. The van der Waals surface area contributed by atoms with E-state index < -0.39 is 5.97 Å². The molecule has 15 heavy (non-hydrogen) atoms. The monoisotopic (exact) mass is 208 g/mol. The molecule has 1 rings (SSSR count). The van der Waals surface area contributed by atoms with Gasteiger partial charge >= 0.3 is 5.97 Å². The molecule has 0 atom stereocenters. The van der Waals surface area contributed by atoms with E-state index in [4.69, 9.17) is 14.9 Å². The lowest BCUT2D eigenvalue weighted by molar-refractivity contribution is 0.0695. The Morgan fingerprint density at radius 3 is 2.47 bits per heavy atom. The lowest BCUT2D eigenvalue weighted by atomic mass is 10.1. The third-order valence-electron chi connectivity index (χ3n) is 1.83. The Labute approximate surface area is 87.4 Å². The summed E-state index contributed by atoms with van der Waals surface area (Å²) in [6, 6.07) is 6.43. The van der Waals surface area contributed by atoms with E-state index >= 15 is 0 Å². The number of carbonyl (C=O) groups is 1. The van der Waals surface area contributed by atoms with Gasteiger partial charge in [0.25, 0.3) is 0 Å². The summed E-state index contributed by atoms with van der Waals surface area (Å²) >= 11 is 0. The molecule has 0 saturated carbocycles. The number of carboxylic acids is 1. The van der Waals surface area contributed by atoms with Crippen molar-refractivity contribution in [2.45, 2.75) is 0 Å². The zero-order valence-electron chi connectivity index (χ0n) is 8.14. The average molecular weight is 208 g/mol. The Kier molecular flexibility index (Phi) is 3.88. The zero-order chi connectivity index (χ0) is 11.3. The molecule has 1 aromatic rings. The second-order valence-corrected chi connectivity index (χ2v) is 2.85. The number of hydrogen-bond donors (Lipinski definition) is 2. The van der Waals surface area contributed by atoms with Crippen LogP contribution in [-0.2, 0) is 4.74 Å². The molecule has 0 saturated heterocycles. The number of aliphatic hydroxyl groups is 1. The van der Waals surface area contributed by atoms with Crippen LogP contribution in [-0.4, -0.2) is 29.4 Å². The highest BCUT2D eigenvalue weighted by Gasteiger charge is 2.11. The maximum Gasteiger partial charge on any atom is 0.336 e. The summed E-state index contributed by atoms with van der Waals surface area (Å²) in [5, 5.41) is 17.5. The Hall–Kier alpha value is -1.81. The third-order valence-corrected chi connectivity index (χ3v) is 1.83. The minimum absolute atomic E-state index is 0.104. The van der Waals surface area contributed by atoms with Crippen molar-refractivity contribution in [2.24, 2.45) is 0 Å². The van der Waals surface area contributed by atoms with Crippen molar-refractivity contribution >= 4 is 11.7 Å². The molecule has 80 valence electrons. The lowest BCUT2D eigenvalue weighted by Gasteiger charge is -2.09. The predicted molar refractivity (Wildman–Crippen MR) is 55.5 cm³/mol. The van der Waals surface area contributed by atoms with Crippen LogP contribution in [0.15, 0.2) is 30.8 Å². The quantitative estimate of drug-likeness (QED) is 0.717. The van der Waals surface area contributed by atoms with Crippen LogP contribution >= 0.6 is 0 Å². The van der Waals surface area contributed by atoms with Crippen molar-refractivity contribution in [3.05, 3.63) is 42.0 Å². The standard InChI is InChI=1S/C11H12O4/c1-8(15-7-6-12)9-4-2-3-5-10(9)11(13)14/h2-5,12H,1,6-7H2,(H,13,14). The molecule has 0 amide bonds. The number of hydrogen-bond acceptors (Lipinski definition) is 3. The molecule has 1 aromatic carbocycles. The minimum Gasteiger partial charge on any atom is -0.491 e. The van der Waals surface area contributed by atoms with Crippen molar-refractivity contribution in [1.82, 2.24) is 0 Å². The number of carboxylic acid groups (broad SMARTS) is 1. The van der Waals surface area contributed by atoms with E-state index in [9.17, 15) is 4.79 Å². The molecular formula is C11H12O4. The van der Waals surface area contributed by atoms with Crippen LogP contribution in [0.2, 0.25) is 0 Å². The van der Waals surface area contributed by atoms with Gasteiger partial charge in [0.15, 0.2) is 0 Å². The molecule has 0 unspecified atom stereocenters. The fourth-order valence-electron chi connectivity index (χ4n) is 1.16. The van der Waals surface area contributed by atoms with Gasteiger partial charge in [-0.25, -0.2) is 4.79 Å². The van der Waals surface area contributed by atoms with E-state index in [1.54, 1.807) is 18.2 Å². The third kappa shape index (κ3) is 2.82. The molecular weight excluding hydrogens is 196 g/mol. The van der Waals surface area contributed by atoms with Crippen LogP contribution in [0, 0.1) is 0 Å². The van der Waals surface area contributed by atoms with Gasteiger partial charge < -0.3 is 14.9 Å². The molecule has 0 spiro atoms. The van der Waals surface area contributed by atoms with Gasteiger partial charge in [-0.15, -0.1) is 0 Å². The van der Waals surface area contributed by atoms with Crippen molar-refractivity contribution in [2.75, 3.05) is 13.2 Å². The van der Waals surface area contributed by atoms with Crippen molar-refractivity contribution in [1.29, 1.82) is 0 Å². The predicted octanol–water partition coefficient (Wildman–Crippen LogP) is 1.36. The number of ether oxygens (including phenoxy) is 1. The maximum absolute atomic E-state index is 10.9. The fourth-order valence-corrected chi connectivity index (χ4v) is 1.16. The Bertz CT molecular complexity index is 371. The molecule has 0 aromatic heterocycles. The second kappa shape index (κ2) is 5.17. The van der Waals surface area contributed by atoms with Gasteiger partial charge in [-0.1, -0.05) is 24.8 Å². The number of rotatable bonds is 5. The number of aliphatic hydroxyl groups excluding tert-OH is 1. The van der Waals surface area contributed by atoms with E-state index in [2.05, 4.69) is 6.58 Å². The Morgan fingerprint density at radius 2 is 1.93 bits per heavy atom. The first-order chi connectivity index (χ1) is 7.16. The highest BCUT2D eigenvalue weighted by molar-refractivity contribution is 5.93. The second-order valence-electron chi connectivity index (χ2n) is 2.85. The fraction of sp³-hybridized carbons (Fsp3) is 0.182. The average Bonchev–Trinajstić information content (AvgIpc) is 2.25. The first-order valence-electron chi connectivity index (χ1n) is 4.42. The summed E-state index contributed by atoms with van der Waals surface area (Å²) in [7, 11) is 0. The topological polar surface area (TPSA) is 66.8 Å². The van der Waals surface area contributed by atoms with Gasteiger partial charge in [-0.3, -0.25) is 0 Å². The highest BCUT2D eigenvalue weighted by atomic mass is 16.5. The minimum atomic E-state index is -1.03. The van der Waals surface area contributed by atoms with E-state index in [1.165, 1.54) is 6.07 Å². The Morgan fingerprint density at radius 1 is 1.33 bits per heavy atom. The SMILES string of the molecule is C=C(OCCO)c1ccccc1C(=O)O. The summed E-state index contributed by atoms with van der Waals surface area (Å²) in [6.45, 7) is 3.58. The molecule has 0 aliphatic carbocycles. The van der Waals surface area contributed by atoms with Gasteiger partial charge in [-0.05, 0) is 6.07 Å². The molecule has 0 radical (unpaired) electrons. The van der Waals surface area contributed by atoms with E-state index in [0.29, 0.717) is 5.56 Å². The smallest absolute Gasteiger partial charge is 0.336 e. The molecule has 4 nitrogen and oxygen atoms in total. The van der Waals surface area contributed by atoms with Gasteiger partial charge in [0.2, 0.25) is 0 Å². The number of benzene rings is 1. The van der Waals surface area contributed by atoms with Gasteiger partial charge in [-0.2, -0.15) is 0 Å². The Balaban J connectivity index is 2.92. The molecule has 2 N–H and O–H groups in total. The van der Waals surface area contributed by atoms with Crippen LogP contribution in [0.25, 0.3) is 5.76 Å². The molecule has 0 aliphatic rings. The summed E-state index contributed by atoms with van der Waals surface area (Å²) in [5.41, 5.74) is 0.568. The van der Waals surface area contributed by atoms with Crippen LogP contribution in [0.3, 0.4) is 0 Å². The molecule has 0 bridgehead atoms. The van der Waals surface area contributed by atoms with Crippen LogP contribution in [0.1, 0.15) is 15.9 Å². The molecule has 0 fully saturated rings. The van der Waals surface area contributed by atoms with Gasteiger partial charge in [0, 0.05) is 5.56 Å². The first-order valence-corrected chi connectivity index (χ1v) is 4.42. The van der Waals surface area contributed by atoms with E-state index in [-0.39, 0.29) is 24.5 Å². The molecule has 4 heteroatoms. The van der Waals surface area contributed by atoms with Crippen molar-refractivity contribution < 1.29 is 19.7 Å². The van der Waals surface area contributed by atoms with Crippen molar-refractivity contribution in [3.8, 4) is 0 Å². The largest absolute Gasteiger partial charge is 0.491 e. The van der Waals surface area contributed by atoms with E-state index in [0.717, 1.165) is 0 Å². The van der Waals surface area contributed by atoms with E-state index in [1.807, 2.05) is 0 Å². The lowest BCUT2D eigenvalue weighted by Crippen LogP contribution is -2.04. The normalized spacial score (nSPS) is 9.67. The first kappa shape index (κ1) is 11.3. The summed E-state index contributed by atoms with van der Waals surface area (Å²) in [5.74, 6) is -0.776. The van der Waals surface area contributed by atoms with Crippen molar-refractivity contribution in [3.63, 3.8) is 0 Å². The zero-order valence-corrected chi connectivity index (χ0v) is 8.14. The van der Waals surface area contributed by atoms with Crippen LogP contribution in [0.5, 0.6) is 0 Å². The molecule has 0 heterocycles.